The molecule has 0 atom stereocenters. The van der Waals surface area contributed by atoms with Crippen molar-refractivity contribution in [2.45, 2.75) is 30.3 Å². The molecule has 1 aliphatic rings. The van der Waals surface area contributed by atoms with E-state index in [0.29, 0.717) is 23.2 Å². The molecule has 1 fully saturated rings. The second kappa shape index (κ2) is 5.35. The molecule has 0 radical (unpaired) electrons. The van der Waals surface area contributed by atoms with Gasteiger partial charge in [0.1, 0.15) is 4.90 Å². The van der Waals surface area contributed by atoms with Gasteiger partial charge in [0.2, 0.25) is 10.0 Å². The molecule has 4 nitrogen and oxygen atoms in total. The smallest absolute Gasteiger partial charge is 0.241 e. The lowest BCUT2D eigenvalue weighted by atomic mass is 10.2. The molecular formula is C11H14Cl2N2O2S. The second-order valence-electron chi connectivity index (χ2n) is 4.24. The quantitative estimate of drug-likeness (QED) is 0.876. The van der Waals surface area contributed by atoms with Gasteiger partial charge in [0.05, 0.1) is 5.02 Å². The van der Waals surface area contributed by atoms with E-state index in [2.05, 4.69) is 10.0 Å². The summed E-state index contributed by atoms with van der Waals surface area (Å²) in [6.45, 7) is 0.524. The van der Waals surface area contributed by atoms with Crippen LogP contribution in [0.25, 0.3) is 0 Å². The summed E-state index contributed by atoms with van der Waals surface area (Å²) in [5.74, 6) is 0. The van der Waals surface area contributed by atoms with Gasteiger partial charge in [0.15, 0.2) is 0 Å². The molecule has 18 heavy (non-hydrogen) atoms. The van der Waals surface area contributed by atoms with Crippen LogP contribution in [0.5, 0.6) is 0 Å². The van der Waals surface area contributed by atoms with Gasteiger partial charge < -0.3 is 5.32 Å². The Hall–Kier alpha value is -0.330. The lowest BCUT2D eigenvalue weighted by Gasteiger charge is -2.11. The molecule has 0 aromatic heterocycles. The van der Waals surface area contributed by atoms with E-state index in [0.717, 1.165) is 12.8 Å². The summed E-state index contributed by atoms with van der Waals surface area (Å²) < 4.78 is 25.8. The summed E-state index contributed by atoms with van der Waals surface area (Å²) in [6, 6.07) is 3.56. The van der Waals surface area contributed by atoms with E-state index in [4.69, 9.17) is 23.2 Å². The predicted molar refractivity (Wildman–Crippen MR) is 72.6 cm³/mol. The largest absolute Gasteiger partial charge is 0.310 e. The van der Waals surface area contributed by atoms with Crippen LogP contribution in [-0.2, 0) is 16.6 Å². The van der Waals surface area contributed by atoms with Crippen molar-refractivity contribution in [2.24, 2.45) is 0 Å². The first kappa shape index (κ1) is 14.1. The maximum atomic E-state index is 11.8. The Labute approximate surface area is 117 Å². The van der Waals surface area contributed by atoms with Crippen LogP contribution in [0.4, 0.5) is 0 Å². The molecule has 0 heterocycles. The molecule has 0 amide bonds. The van der Waals surface area contributed by atoms with Crippen molar-refractivity contribution in [3.8, 4) is 0 Å². The van der Waals surface area contributed by atoms with Crippen LogP contribution in [0.1, 0.15) is 18.4 Å². The number of hydrogen-bond donors (Lipinski definition) is 2. The summed E-state index contributed by atoms with van der Waals surface area (Å²) in [7, 11) is -2.25. The van der Waals surface area contributed by atoms with E-state index in [1.165, 1.54) is 13.1 Å². The third kappa shape index (κ3) is 3.16. The summed E-state index contributed by atoms with van der Waals surface area (Å²) in [4.78, 5) is 0.0202. The van der Waals surface area contributed by atoms with Gasteiger partial charge >= 0.3 is 0 Å². The van der Waals surface area contributed by atoms with E-state index in [-0.39, 0.29) is 9.92 Å². The highest BCUT2D eigenvalue weighted by molar-refractivity contribution is 7.89. The molecule has 1 saturated carbocycles. The highest BCUT2D eigenvalue weighted by Crippen LogP contribution is 2.30. The minimum absolute atomic E-state index is 0.0202. The molecule has 0 bridgehead atoms. The molecule has 0 saturated heterocycles. The number of rotatable bonds is 5. The Morgan fingerprint density at radius 2 is 2.00 bits per heavy atom. The zero-order chi connectivity index (χ0) is 13.3. The fourth-order valence-electron chi connectivity index (χ4n) is 1.59. The molecule has 0 unspecified atom stereocenters. The topological polar surface area (TPSA) is 58.2 Å². The van der Waals surface area contributed by atoms with Crippen LogP contribution in [0.15, 0.2) is 17.0 Å². The van der Waals surface area contributed by atoms with E-state index in [1.807, 2.05) is 0 Å². The first-order valence-corrected chi connectivity index (χ1v) is 7.83. The van der Waals surface area contributed by atoms with Gasteiger partial charge in [-0.2, -0.15) is 0 Å². The SMILES string of the molecule is CNS(=O)(=O)c1cc(Cl)cc(CNC2CC2)c1Cl. The first-order valence-electron chi connectivity index (χ1n) is 5.59. The fourth-order valence-corrected chi connectivity index (χ4v) is 3.25. The number of sulfonamides is 1. The van der Waals surface area contributed by atoms with Gasteiger partial charge in [-0.1, -0.05) is 23.2 Å². The Morgan fingerprint density at radius 3 is 2.56 bits per heavy atom. The van der Waals surface area contributed by atoms with E-state index < -0.39 is 10.0 Å². The maximum Gasteiger partial charge on any atom is 0.241 e. The van der Waals surface area contributed by atoms with Gasteiger partial charge in [-0.25, -0.2) is 13.1 Å². The monoisotopic (exact) mass is 308 g/mol. The molecule has 100 valence electrons. The molecular weight excluding hydrogens is 295 g/mol. The van der Waals surface area contributed by atoms with E-state index >= 15 is 0 Å². The van der Waals surface area contributed by atoms with Crippen LogP contribution in [0.3, 0.4) is 0 Å². The van der Waals surface area contributed by atoms with Gasteiger partial charge in [-0.15, -0.1) is 0 Å². The van der Waals surface area contributed by atoms with Gasteiger partial charge in [0, 0.05) is 17.6 Å². The summed E-state index contributed by atoms with van der Waals surface area (Å²) in [5.41, 5.74) is 0.699. The Balaban J connectivity index is 2.35. The number of halogens is 2. The number of benzene rings is 1. The molecule has 1 aromatic rings. The van der Waals surface area contributed by atoms with Crippen molar-refractivity contribution in [3.63, 3.8) is 0 Å². The van der Waals surface area contributed by atoms with E-state index in [1.54, 1.807) is 6.07 Å². The lowest BCUT2D eigenvalue weighted by Crippen LogP contribution is -2.20. The van der Waals surface area contributed by atoms with Crippen molar-refractivity contribution >= 4 is 33.2 Å². The molecule has 1 aromatic carbocycles. The standard InChI is InChI=1S/C11H14Cl2N2O2S/c1-14-18(16,17)10-5-8(12)4-7(11(10)13)6-15-9-2-3-9/h4-5,9,14-15H,2-3,6H2,1H3. The van der Waals surface area contributed by atoms with Crippen molar-refractivity contribution in [1.29, 1.82) is 0 Å². The van der Waals surface area contributed by atoms with Crippen LogP contribution < -0.4 is 10.0 Å². The molecule has 0 spiro atoms. The maximum absolute atomic E-state index is 11.8. The van der Waals surface area contributed by atoms with Crippen LogP contribution in [0.2, 0.25) is 10.0 Å². The van der Waals surface area contributed by atoms with Crippen molar-refractivity contribution < 1.29 is 8.42 Å². The third-order valence-electron chi connectivity index (χ3n) is 2.80. The van der Waals surface area contributed by atoms with Crippen LogP contribution in [0, 0.1) is 0 Å². The Morgan fingerprint density at radius 1 is 1.33 bits per heavy atom. The summed E-state index contributed by atoms with van der Waals surface area (Å²) >= 11 is 12.1. The van der Waals surface area contributed by atoms with Gasteiger partial charge in [-0.3, -0.25) is 0 Å². The molecule has 7 heteroatoms. The van der Waals surface area contributed by atoms with Gasteiger partial charge in [-0.05, 0) is 37.6 Å². The molecule has 1 aliphatic carbocycles. The van der Waals surface area contributed by atoms with Gasteiger partial charge in [0.25, 0.3) is 0 Å². The third-order valence-corrected chi connectivity index (χ3v) is 5.01. The number of hydrogen-bond acceptors (Lipinski definition) is 3. The predicted octanol–water partition coefficient (Wildman–Crippen LogP) is 2.15. The normalized spacial score (nSPS) is 15.9. The first-order chi connectivity index (χ1) is 8.44. The second-order valence-corrected chi connectivity index (χ2v) is 6.91. The molecule has 2 N–H and O–H groups in total. The van der Waals surface area contributed by atoms with E-state index in [9.17, 15) is 8.42 Å². The Kier molecular flexibility index (Phi) is 4.18. The summed E-state index contributed by atoms with van der Waals surface area (Å²) in [5, 5.41) is 3.87. The van der Waals surface area contributed by atoms with Crippen LogP contribution >= 0.6 is 23.2 Å². The minimum Gasteiger partial charge on any atom is -0.310 e. The Bertz CT molecular complexity index is 556. The minimum atomic E-state index is -3.59. The highest BCUT2D eigenvalue weighted by Gasteiger charge is 2.23. The molecule has 2 rings (SSSR count). The lowest BCUT2D eigenvalue weighted by molar-refractivity contribution is 0.588. The zero-order valence-corrected chi connectivity index (χ0v) is 12.2. The average Bonchev–Trinajstić information content (AvgIpc) is 3.13. The van der Waals surface area contributed by atoms with Crippen molar-refractivity contribution in [1.82, 2.24) is 10.0 Å². The van der Waals surface area contributed by atoms with Crippen molar-refractivity contribution in [2.75, 3.05) is 7.05 Å². The summed E-state index contributed by atoms with van der Waals surface area (Å²) in [6.07, 6.45) is 2.31. The number of nitrogens with one attached hydrogen (secondary N) is 2. The van der Waals surface area contributed by atoms with Crippen LogP contribution in [-0.4, -0.2) is 21.5 Å². The van der Waals surface area contributed by atoms with Crippen molar-refractivity contribution in [3.05, 3.63) is 27.7 Å². The molecule has 0 aliphatic heterocycles. The highest BCUT2D eigenvalue weighted by atomic mass is 35.5. The average molecular weight is 309 g/mol. The zero-order valence-electron chi connectivity index (χ0n) is 9.83. The fraction of sp³-hybridized carbons (Fsp3) is 0.455.